The zero-order valence-electron chi connectivity index (χ0n) is 13.9. The quantitative estimate of drug-likeness (QED) is 0.551. The van der Waals surface area contributed by atoms with Gasteiger partial charge in [0.25, 0.3) is 5.91 Å². The van der Waals surface area contributed by atoms with E-state index in [2.05, 4.69) is 11.9 Å². The summed E-state index contributed by atoms with van der Waals surface area (Å²) in [6.07, 6.45) is 2.12. The van der Waals surface area contributed by atoms with E-state index >= 15 is 0 Å². The topological polar surface area (TPSA) is 59.5 Å². The van der Waals surface area contributed by atoms with Crippen molar-refractivity contribution in [2.75, 3.05) is 18.1 Å². The van der Waals surface area contributed by atoms with Gasteiger partial charge < -0.3 is 9.64 Å². The highest BCUT2D eigenvalue weighted by molar-refractivity contribution is 8.00. The number of halogens is 2. The molecule has 0 saturated heterocycles. The molecule has 8 heteroatoms. The van der Waals surface area contributed by atoms with E-state index in [0.29, 0.717) is 11.8 Å². The molecule has 1 aromatic carbocycles. The highest BCUT2D eigenvalue weighted by atomic mass is 35.5. The Morgan fingerprint density at radius 1 is 1.35 bits per heavy atom. The summed E-state index contributed by atoms with van der Waals surface area (Å²) in [6, 6.07) is 9.11. The molecule has 0 unspecified atom stereocenters. The Morgan fingerprint density at radius 3 is 2.88 bits per heavy atom. The first kappa shape index (κ1) is 19.0. The number of carbonyl (C=O) groups excluding carboxylic acids is 2. The van der Waals surface area contributed by atoms with Crippen molar-refractivity contribution >= 4 is 52.5 Å². The van der Waals surface area contributed by atoms with Gasteiger partial charge in [0.2, 0.25) is 0 Å². The largest absolute Gasteiger partial charge is 0.452 e. The highest BCUT2D eigenvalue weighted by Crippen LogP contribution is 2.37. The molecule has 1 amide bonds. The normalized spacial score (nSPS) is 16.6. The molecule has 0 N–H and O–H groups in total. The first-order chi connectivity index (χ1) is 12.5. The van der Waals surface area contributed by atoms with Crippen molar-refractivity contribution in [1.29, 1.82) is 0 Å². The number of nitrogens with zero attached hydrogens (tertiary/aromatic N) is 2. The Balaban J connectivity index is 1.70. The molecular weight excluding hydrogens is 395 g/mol. The maximum absolute atomic E-state index is 12.7. The fraction of sp³-hybridized carbons (Fsp3) is 0.278. The van der Waals surface area contributed by atoms with Gasteiger partial charge in [-0.1, -0.05) is 42.3 Å². The number of rotatable bonds is 3. The van der Waals surface area contributed by atoms with E-state index < -0.39 is 5.97 Å². The van der Waals surface area contributed by atoms with Crippen LogP contribution >= 0.6 is 35.0 Å². The van der Waals surface area contributed by atoms with E-state index in [0.717, 1.165) is 17.0 Å². The number of amides is 1. The van der Waals surface area contributed by atoms with Crippen LogP contribution in [0.5, 0.6) is 0 Å². The molecule has 1 aliphatic heterocycles. The van der Waals surface area contributed by atoms with E-state index in [1.165, 1.54) is 12.3 Å². The van der Waals surface area contributed by atoms with Gasteiger partial charge in [-0.25, -0.2) is 9.78 Å². The third kappa shape index (κ3) is 4.31. The number of aromatic nitrogens is 1. The predicted molar refractivity (Wildman–Crippen MR) is 103 cm³/mol. The van der Waals surface area contributed by atoms with Gasteiger partial charge in [-0.3, -0.25) is 4.79 Å². The molecular formula is C18H16Cl2N2O3S. The van der Waals surface area contributed by atoms with E-state index in [4.69, 9.17) is 27.9 Å². The number of pyridine rings is 1. The Kier molecular flexibility index (Phi) is 6.06. The van der Waals surface area contributed by atoms with Crippen molar-refractivity contribution in [3.63, 3.8) is 0 Å². The van der Waals surface area contributed by atoms with E-state index in [9.17, 15) is 9.59 Å². The minimum atomic E-state index is -0.671. The number of esters is 1. The van der Waals surface area contributed by atoms with Crippen molar-refractivity contribution in [2.24, 2.45) is 0 Å². The number of thioether (sulfide) groups is 1. The van der Waals surface area contributed by atoms with Gasteiger partial charge in [0, 0.05) is 22.9 Å². The molecule has 3 rings (SSSR count). The second-order valence-corrected chi connectivity index (χ2v) is 8.05. The Bertz CT molecular complexity index is 847. The summed E-state index contributed by atoms with van der Waals surface area (Å²) < 4.78 is 5.14. The fourth-order valence-corrected chi connectivity index (χ4v) is 3.95. The minimum Gasteiger partial charge on any atom is -0.452 e. The maximum Gasteiger partial charge on any atom is 0.340 e. The zero-order chi connectivity index (χ0) is 18.7. The third-order valence-corrected chi connectivity index (χ3v) is 5.83. The van der Waals surface area contributed by atoms with Crippen LogP contribution in [0.2, 0.25) is 10.2 Å². The van der Waals surface area contributed by atoms with Crippen molar-refractivity contribution in [1.82, 2.24) is 4.98 Å². The van der Waals surface area contributed by atoms with Crippen LogP contribution in [-0.2, 0) is 9.53 Å². The number of hydrogen-bond acceptors (Lipinski definition) is 5. The van der Waals surface area contributed by atoms with Crippen molar-refractivity contribution in [3.05, 3.63) is 52.3 Å². The molecule has 2 heterocycles. The predicted octanol–water partition coefficient (Wildman–Crippen LogP) is 4.46. The molecule has 1 aliphatic rings. The lowest BCUT2D eigenvalue weighted by Crippen LogP contribution is -2.35. The van der Waals surface area contributed by atoms with Crippen LogP contribution in [0.3, 0.4) is 0 Å². The standard InChI is InChI=1S/C18H16Cl2N2O3S/c1-11-6-7-22(14-4-2-3-5-15(14)26-11)16(23)10-25-18(24)12-8-13(19)17(20)21-9-12/h2-5,8-9,11H,6-7,10H2,1H3/t11-/m0/s1. The fourth-order valence-electron chi connectivity index (χ4n) is 2.57. The minimum absolute atomic E-state index is 0.104. The van der Waals surface area contributed by atoms with Crippen LogP contribution in [-0.4, -0.2) is 35.3 Å². The number of benzene rings is 1. The molecule has 0 radical (unpaired) electrons. The monoisotopic (exact) mass is 410 g/mol. The molecule has 26 heavy (non-hydrogen) atoms. The van der Waals surface area contributed by atoms with Crippen molar-refractivity contribution in [2.45, 2.75) is 23.5 Å². The van der Waals surface area contributed by atoms with Crippen LogP contribution in [0.15, 0.2) is 41.4 Å². The average molecular weight is 411 g/mol. The number of hydrogen-bond donors (Lipinski definition) is 0. The van der Waals surface area contributed by atoms with Gasteiger partial charge >= 0.3 is 5.97 Å². The summed E-state index contributed by atoms with van der Waals surface area (Å²) in [4.78, 5) is 31.3. The number of anilines is 1. The molecule has 5 nitrogen and oxygen atoms in total. The van der Waals surface area contributed by atoms with E-state index in [-0.39, 0.29) is 28.3 Å². The van der Waals surface area contributed by atoms with Crippen LogP contribution in [0.1, 0.15) is 23.7 Å². The number of fused-ring (bicyclic) bond motifs is 1. The number of carbonyl (C=O) groups is 2. The molecule has 0 saturated carbocycles. The smallest absolute Gasteiger partial charge is 0.340 e. The highest BCUT2D eigenvalue weighted by Gasteiger charge is 2.25. The summed E-state index contributed by atoms with van der Waals surface area (Å²) >= 11 is 13.3. The van der Waals surface area contributed by atoms with Crippen LogP contribution in [0.25, 0.3) is 0 Å². The maximum atomic E-state index is 12.7. The average Bonchev–Trinajstić information content (AvgIpc) is 2.80. The van der Waals surface area contributed by atoms with Crippen LogP contribution < -0.4 is 4.90 Å². The Morgan fingerprint density at radius 2 is 2.12 bits per heavy atom. The summed E-state index contributed by atoms with van der Waals surface area (Å²) in [7, 11) is 0. The molecule has 1 atom stereocenters. The molecule has 0 aliphatic carbocycles. The van der Waals surface area contributed by atoms with Gasteiger partial charge in [-0.15, -0.1) is 11.8 Å². The van der Waals surface area contributed by atoms with Crippen LogP contribution in [0.4, 0.5) is 5.69 Å². The lowest BCUT2D eigenvalue weighted by atomic mass is 10.2. The van der Waals surface area contributed by atoms with Gasteiger partial charge in [-0.05, 0) is 24.6 Å². The molecule has 0 fully saturated rings. The summed E-state index contributed by atoms with van der Waals surface area (Å²) in [5.74, 6) is -0.941. The van der Waals surface area contributed by atoms with E-state index in [1.807, 2.05) is 24.3 Å². The van der Waals surface area contributed by atoms with Gasteiger partial charge in [0.1, 0.15) is 5.15 Å². The first-order valence-corrected chi connectivity index (χ1v) is 9.63. The summed E-state index contributed by atoms with van der Waals surface area (Å²) in [6.45, 7) is 2.36. The Hall–Kier alpha value is -1.76. The number of ether oxygens (including phenoxy) is 1. The first-order valence-electron chi connectivity index (χ1n) is 8.00. The molecule has 2 aromatic rings. The van der Waals surface area contributed by atoms with Gasteiger partial charge in [-0.2, -0.15) is 0 Å². The molecule has 0 spiro atoms. The molecule has 136 valence electrons. The number of para-hydroxylation sites is 1. The summed E-state index contributed by atoms with van der Waals surface area (Å²) in [5.41, 5.74) is 0.992. The molecule has 0 bridgehead atoms. The lowest BCUT2D eigenvalue weighted by molar-refractivity contribution is -0.121. The van der Waals surface area contributed by atoms with Crippen molar-refractivity contribution in [3.8, 4) is 0 Å². The molecule has 1 aromatic heterocycles. The lowest BCUT2D eigenvalue weighted by Gasteiger charge is -2.22. The third-order valence-electron chi connectivity index (χ3n) is 3.90. The summed E-state index contributed by atoms with van der Waals surface area (Å²) in [5, 5.41) is 0.658. The Labute approximate surface area is 165 Å². The van der Waals surface area contributed by atoms with E-state index in [1.54, 1.807) is 16.7 Å². The van der Waals surface area contributed by atoms with Gasteiger partial charge in [0.15, 0.2) is 6.61 Å². The SMILES string of the molecule is C[C@H]1CCN(C(=O)COC(=O)c2cnc(Cl)c(Cl)c2)c2ccccc2S1. The van der Waals surface area contributed by atoms with Gasteiger partial charge in [0.05, 0.1) is 16.3 Å². The van der Waals surface area contributed by atoms with Crippen LogP contribution in [0, 0.1) is 0 Å². The zero-order valence-corrected chi connectivity index (χ0v) is 16.3. The second kappa shape index (κ2) is 8.29. The second-order valence-electron chi connectivity index (χ2n) is 5.80. The van der Waals surface area contributed by atoms with Crippen molar-refractivity contribution < 1.29 is 14.3 Å².